The number of benzene rings is 3. The van der Waals surface area contributed by atoms with Crippen molar-refractivity contribution in [2.75, 3.05) is 10.6 Å². The molecule has 0 radical (unpaired) electrons. The summed E-state index contributed by atoms with van der Waals surface area (Å²) in [5.74, 6) is 0.834. The summed E-state index contributed by atoms with van der Waals surface area (Å²) >= 11 is 0. The molecule has 0 saturated carbocycles. The third kappa shape index (κ3) is 5.28. The van der Waals surface area contributed by atoms with Crippen LogP contribution in [0.15, 0.2) is 104 Å². The number of fused-ring (bicyclic) bond motifs is 1. The van der Waals surface area contributed by atoms with Gasteiger partial charge < -0.3 is 19.8 Å². The van der Waals surface area contributed by atoms with Crippen molar-refractivity contribution in [2.45, 2.75) is 12.7 Å². The van der Waals surface area contributed by atoms with Gasteiger partial charge in [-0.3, -0.25) is 0 Å². The Balaban J connectivity index is 1.34. The van der Waals surface area contributed by atoms with Crippen molar-refractivity contribution in [2.24, 2.45) is 0 Å². The van der Waals surface area contributed by atoms with Crippen LogP contribution in [0.2, 0.25) is 0 Å². The van der Waals surface area contributed by atoms with E-state index in [0.717, 1.165) is 29.2 Å². The lowest BCUT2D eigenvalue weighted by atomic mass is 10.1. The van der Waals surface area contributed by atoms with Crippen LogP contribution in [0.4, 0.5) is 36.3 Å². The van der Waals surface area contributed by atoms with Crippen LogP contribution in [0, 0.1) is 0 Å². The maximum atomic E-state index is 13.0. The molecule has 39 heavy (non-hydrogen) atoms. The number of imidazole rings is 2. The van der Waals surface area contributed by atoms with Gasteiger partial charge in [0.1, 0.15) is 0 Å². The zero-order valence-electron chi connectivity index (χ0n) is 20.3. The molecule has 3 aromatic carbocycles. The summed E-state index contributed by atoms with van der Waals surface area (Å²) < 4.78 is 42.7. The monoisotopic (exact) mass is 526 g/mol. The molecule has 0 atom stereocenters. The standard InChI is InChI=1S/C28H21F3N8/c29-28(30,31)20-8-6-19(7-9-20)16-39-18-33-24-25(34-21-4-2-1-3-5-21)36-27(37-26(24)39)35-22-10-12-23(13-11-22)38-15-14-32-17-38/h1-15,17-18H,16H2,(H2,34,35,36,37). The second-order valence-corrected chi connectivity index (χ2v) is 8.77. The number of hydrogen-bond donors (Lipinski definition) is 2. The first-order valence-electron chi connectivity index (χ1n) is 12.0. The van der Waals surface area contributed by atoms with E-state index in [-0.39, 0.29) is 6.54 Å². The van der Waals surface area contributed by atoms with Crippen LogP contribution in [0.1, 0.15) is 11.1 Å². The van der Waals surface area contributed by atoms with E-state index in [1.165, 1.54) is 12.1 Å². The van der Waals surface area contributed by atoms with Crippen LogP contribution in [-0.4, -0.2) is 29.1 Å². The van der Waals surface area contributed by atoms with E-state index in [9.17, 15) is 13.2 Å². The molecule has 0 amide bonds. The summed E-state index contributed by atoms with van der Waals surface area (Å²) in [6.07, 6.45) is 2.52. The third-order valence-corrected chi connectivity index (χ3v) is 6.06. The van der Waals surface area contributed by atoms with Gasteiger partial charge in [0.15, 0.2) is 17.0 Å². The summed E-state index contributed by atoms with van der Waals surface area (Å²) in [7, 11) is 0. The number of rotatable bonds is 7. The number of anilines is 4. The number of nitrogens with one attached hydrogen (secondary N) is 2. The molecule has 8 nitrogen and oxygen atoms in total. The third-order valence-electron chi connectivity index (χ3n) is 6.06. The number of aromatic nitrogens is 6. The van der Waals surface area contributed by atoms with Gasteiger partial charge in [-0.05, 0) is 54.1 Å². The van der Waals surface area contributed by atoms with Gasteiger partial charge >= 0.3 is 6.18 Å². The Bertz CT molecular complexity index is 1690. The molecule has 0 bridgehead atoms. The average Bonchev–Trinajstić information content (AvgIpc) is 3.61. The zero-order chi connectivity index (χ0) is 26.8. The quantitative estimate of drug-likeness (QED) is 0.245. The van der Waals surface area contributed by atoms with Crippen molar-refractivity contribution in [1.82, 2.24) is 29.1 Å². The molecule has 11 heteroatoms. The summed E-state index contributed by atoms with van der Waals surface area (Å²) in [5.41, 5.74) is 3.61. The smallest absolute Gasteiger partial charge is 0.338 e. The minimum Gasteiger partial charge on any atom is -0.338 e. The molecule has 0 spiro atoms. The SMILES string of the molecule is FC(F)(F)c1ccc(Cn2cnc3c(Nc4ccccc4)nc(Nc4ccc(-n5ccnc5)cc4)nc32)cc1. The molecule has 6 rings (SSSR count). The molecular formula is C28H21F3N8. The van der Waals surface area contributed by atoms with Crippen LogP contribution in [0.3, 0.4) is 0 Å². The maximum Gasteiger partial charge on any atom is 0.416 e. The fourth-order valence-electron chi connectivity index (χ4n) is 4.11. The molecule has 0 fully saturated rings. The molecular weight excluding hydrogens is 505 g/mol. The summed E-state index contributed by atoms with van der Waals surface area (Å²) in [4.78, 5) is 18.0. The van der Waals surface area contributed by atoms with Crippen LogP contribution < -0.4 is 10.6 Å². The first-order chi connectivity index (χ1) is 18.9. The molecule has 0 aliphatic rings. The van der Waals surface area contributed by atoms with E-state index in [2.05, 4.69) is 25.6 Å². The highest BCUT2D eigenvalue weighted by Crippen LogP contribution is 2.30. The van der Waals surface area contributed by atoms with Gasteiger partial charge in [0, 0.05) is 29.5 Å². The van der Waals surface area contributed by atoms with Gasteiger partial charge in [0.25, 0.3) is 0 Å². The number of para-hydroxylation sites is 1. The van der Waals surface area contributed by atoms with Crippen LogP contribution in [-0.2, 0) is 12.7 Å². The molecule has 194 valence electrons. The highest BCUT2D eigenvalue weighted by molar-refractivity contribution is 5.87. The van der Waals surface area contributed by atoms with Gasteiger partial charge in [-0.2, -0.15) is 23.1 Å². The van der Waals surface area contributed by atoms with Crippen molar-refractivity contribution >= 4 is 34.3 Å². The topological polar surface area (TPSA) is 85.5 Å². The van der Waals surface area contributed by atoms with Crippen LogP contribution >= 0.6 is 0 Å². The van der Waals surface area contributed by atoms with Gasteiger partial charge in [-0.1, -0.05) is 30.3 Å². The van der Waals surface area contributed by atoms with Gasteiger partial charge in [0.2, 0.25) is 5.95 Å². The molecule has 2 N–H and O–H groups in total. The minimum atomic E-state index is -4.39. The Morgan fingerprint density at radius 3 is 2.21 bits per heavy atom. The van der Waals surface area contributed by atoms with E-state index in [4.69, 9.17) is 4.98 Å². The lowest BCUT2D eigenvalue weighted by molar-refractivity contribution is -0.137. The van der Waals surface area contributed by atoms with Crippen molar-refractivity contribution in [1.29, 1.82) is 0 Å². The Morgan fingerprint density at radius 1 is 0.769 bits per heavy atom. The lowest BCUT2D eigenvalue weighted by Gasteiger charge is -2.12. The molecule has 3 heterocycles. The predicted octanol–water partition coefficient (Wildman–Crippen LogP) is 6.57. The number of halogens is 3. The normalized spacial score (nSPS) is 11.6. The van der Waals surface area contributed by atoms with E-state index in [1.54, 1.807) is 23.4 Å². The van der Waals surface area contributed by atoms with Crippen molar-refractivity contribution < 1.29 is 13.2 Å². The number of nitrogens with zero attached hydrogens (tertiary/aromatic N) is 6. The molecule has 3 aromatic heterocycles. The number of alkyl halides is 3. The Hall–Kier alpha value is -5.19. The van der Waals surface area contributed by atoms with E-state index in [0.29, 0.717) is 28.5 Å². The first-order valence-corrected chi connectivity index (χ1v) is 12.0. The largest absolute Gasteiger partial charge is 0.416 e. The van der Waals surface area contributed by atoms with Gasteiger partial charge in [-0.15, -0.1) is 0 Å². The predicted molar refractivity (Wildman–Crippen MR) is 142 cm³/mol. The van der Waals surface area contributed by atoms with E-state index in [1.807, 2.05) is 65.4 Å². The highest BCUT2D eigenvalue weighted by atomic mass is 19.4. The lowest BCUT2D eigenvalue weighted by Crippen LogP contribution is -2.06. The molecule has 6 aromatic rings. The summed E-state index contributed by atoms with van der Waals surface area (Å²) in [5, 5.41) is 6.55. The van der Waals surface area contributed by atoms with Gasteiger partial charge in [-0.25, -0.2) is 9.97 Å². The Morgan fingerprint density at radius 2 is 1.51 bits per heavy atom. The molecule has 0 saturated heterocycles. The Kier molecular flexibility index (Phi) is 6.16. The Labute approximate surface area is 220 Å². The van der Waals surface area contributed by atoms with Crippen molar-refractivity contribution in [3.63, 3.8) is 0 Å². The fourth-order valence-corrected chi connectivity index (χ4v) is 4.11. The zero-order valence-corrected chi connectivity index (χ0v) is 20.3. The maximum absolute atomic E-state index is 13.0. The first kappa shape index (κ1) is 24.2. The average molecular weight is 527 g/mol. The van der Waals surface area contributed by atoms with E-state index >= 15 is 0 Å². The second-order valence-electron chi connectivity index (χ2n) is 8.77. The highest BCUT2D eigenvalue weighted by Gasteiger charge is 2.30. The summed E-state index contributed by atoms with van der Waals surface area (Å²) in [6, 6.07) is 22.3. The van der Waals surface area contributed by atoms with Crippen LogP contribution in [0.25, 0.3) is 16.9 Å². The van der Waals surface area contributed by atoms with E-state index < -0.39 is 11.7 Å². The van der Waals surface area contributed by atoms with Crippen molar-refractivity contribution in [3.05, 3.63) is 115 Å². The molecule has 0 aliphatic heterocycles. The fraction of sp³-hybridized carbons (Fsp3) is 0.0714. The molecule has 0 aliphatic carbocycles. The van der Waals surface area contributed by atoms with Crippen molar-refractivity contribution in [3.8, 4) is 5.69 Å². The minimum absolute atomic E-state index is 0.287. The molecule has 0 unspecified atom stereocenters. The van der Waals surface area contributed by atoms with Crippen LogP contribution in [0.5, 0.6) is 0 Å². The second kappa shape index (κ2) is 9.93. The number of hydrogen-bond acceptors (Lipinski definition) is 6. The van der Waals surface area contributed by atoms with Gasteiger partial charge in [0.05, 0.1) is 24.8 Å². The summed E-state index contributed by atoms with van der Waals surface area (Å²) in [6.45, 7) is 0.287.